The lowest BCUT2D eigenvalue weighted by Gasteiger charge is -2.23. The summed E-state index contributed by atoms with van der Waals surface area (Å²) in [6.07, 6.45) is 0.0119. The molecule has 10 heteroatoms. The lowest BCUT2D eigenvalue weighted by atomic mass is 9.85. The largest absolute Gasteiger partial charge is 0.493 e. The number of hydrogen-bond acceptors (Lipinski definition) is 6. The van der Waals surface area contributed by atoms with Crippen molar-refractivity contribution in [3.63, 3.8) is 0 Å². The number of hydrazine groups is 1. The Kier molecular flexibility index (Phi) is 8.61. The first kappa shape index (κ1) is 25.4. The third-order valence-corrected chi connectivity index (χ3v) is 4.65. The van der Waals surface area contributed by atoms with Crippen LogP contribution in [0.25, 0.3) is 0 Å². The van der Waals surface area contributed by atoms with Crippen LogP contribution in [0.5, 0.6) is 17.2 Å². The Bertz CT molecular complexity index is 983. The summed E-state index contributed by atoms with van der Waals surface area (Å²) in [7, 11) is 4.30. The molecule has 2 rings (SSSR count). The second kappa shape index (κ2) is 11.2. The molecule has 33 heavy (non-hydrogen) atoms. The summed E-state index contributed by atoms with van der Waals surface area (Å²) in [6.45, 7) is 3.50. The van der Waals surface area contributed by atoms with Gasteiger partial charge in [0.1, 0.15) is 5.82 Å². The molecule has 0 radical (unpaired) electrons. The molecule has 0 atom stereocenters. The third-order valence-electron chi connectivity index (χ3n) is 4.65. The molecule has 2 aromatic rings. The standard InChI is InChI=1S/C23H28FN3O6/c1-23(2,12-19(28)25-16-8-6-15(24)7-9-16)13-20(29)26-27-22(30)14-10-17(31-3)21(33-5)18(11-14)32-4/h6-11H,12-13H2,1-5H3,(H,25,28)(H,26,29)(H,27,30). The van der Waals surface area contributed by atoms with Gasteiger partial charge in [0, 0.05) is 24.1 Å². The molecule has 0 saturated carbocycles. The van der Waals surface area contributed by atoms with Crippen molar-refractivity contribution in [2.24, 2.45) is 5.41 Å². The molecule has 0 aliphatic carbocycles. The number of rotatable bonds is 9. The van der Waals surface area contributed by atoms with Gasteiger partial charge in [0.15, 0.2) is 11.5 Å². The van der Waals surface area contributed by atoms with Gasteiger partial charge in [-0.1, -0.05) is 13.8 Å². The molecule has 0 unspecified atom stereocenters. The predicted octanol–water partition coefficient (Wildman–Crippen LogP) is 3.06. The first-order valence-corrected chi connectivity index (χ1v) is 10.0. The number of benzene rings is 2. The molecule has 0 saturated heterocycles. The number of nitrogens with one attached hydrogen (secondary N) is 3. The van der Waals surface area contributed by atoms with E-state index < -0.39 is 23.0 Å². The van der Waals surface area contributed by atoms with Crippen molar-refractivity contribution in [3.8, 4) is 17.2 Å². The van der Waals surface area contributed by atoms with Crippen LogP contribution < -0.4 is 30.4 Å². The molecule has 0 aromatic heterocycles. The first-order chi connectivity index (χ1) is 15.6. The van der Waals surface area contributed by atoms with Crippen molar-refractivity contribution >= 4 is 23.4 Å². The quantitative estimate of drug-likeness (QED) is 0.495. The van der Waals surface area contributed by atoms with Gasteiger partial charge in [0.2, 0.25) is 17.6 Å². The fourth-order valence-corrected chi connectivity index (χ4v) is 3.13. The Labute approximate surface area is 191 Å². The van der Waals surface area contributed by atoms with Crippen molar-refractivity contribution in [2.75, 3.05) is 26.6 Å². The van der Waals surface area contributed by atoms with Crippen LogP contribution in [0.1, 0.15) is 37.0 Å². The van der Waals surface area contributed by atoms with Crippen LogP contribution in [0.15, 0.2) is 36.4 Å². The Morgan fingerprint density at radius 1 is 0.848 bits per heavy atom. The second-order valence-electron chi connectivity index (χ2n) is 7.99. The van der Waals surface area contributed by atoms with Gasteiger partial charge in [-0.2, -0.15) is 0 Å². The predicted molar refractivity (Wildman–Crippen MR) is 120 cm³/mol. The minimum atomic E-state index is -0.703. The van der Waals surface area contributed by atoms with E-state index in [1.54, 1.807) is 13.8 Å². The molecular formula is C23H28FN3O6. The highest BCUT2D eigenvalue weighted by molar-refractivity contribution is 5.97. The van der Waals surface area contributed by atoms with Crippen molar-refractivity contribution < 1.29 is 33.0 Å². The Morgan fingerprint density at radius 3 is 1.91 bits per heavy atom. The van der Waals surface area contributed by atoms with Crippen LogP contribution in [-0.4, -0.2) is 39.1 Å². The Balaban J connectivity index is 1.92. The maximum Gasteiger partial charge on any atom is 0.269 e. The van der Waals surface area contributed by atoms with E-state index in [-0.39, 0.29) is 24.3 Å². The number of amides is 3. The topological polar surface area (TPSA) is 115 Å². The maximum atomic E-state index is 13.0. The highest BCUT2D eigenvalue weighted by Gasteiger charge is 2.26. The molecule has 3 amide bonds. The van der Waals surface area contributed by atoms with Crippen LogP contribution >= 0.6 is 0 Å². The van der Waals surface area contributed by atoms with Gasteiger partial charge in [-0.3, -0.25) is 25.2 Å². The zero-order valence-corrected chi connectivity index (χ0v) is 19.2. The van der Waals surface area contributed by atoms with Gasteiger partial charge in [0.25, 0.3) is 5.91 Å². The Hall–Kier alpha value is -3.82. The number of anilines is 1. The highest BCUT2D eigenvalue weighted by Crippen LogP contribution is 2.38. The molecular weight excluding hydrogens is 433 g/mol. The van der Waals surface area contributed by atoms with E-state index >= 15 is 0 Å². The Morgan fingerprint density at radius 2 is 1.39 bits per heavy atom. The minimum absolute atomic E-state index is 0.0284. The third kappa shape index (κ3) is 7.37. The lowest BCUT2D eigenvalue weighted by Crippen LogP contribution is -2.43. The van der Waals surface area contributed by atoms with E-state index in [0.717, 1.165) is 0 Å². The summed E-state index contributed by atoms with van der Waals surface area (Å²) >= 11 is 0. The van der Waals surface area contributed by atoms with Crippen LogP contribution in [0.4, 0.5) is 10.1 Å². The summed E-state index contributed by atoms with van der Waals surface area (Å²) in [5.41, 5.74) is 4.62. The van der Waals surface area contributed by atoms with Gasteiger partial charge in [-0.05, 0) is 41.8 Å². The van der Waals surface area contributed by atoms with E-state index in [2.05, 4.69) is 16.2 Å². The second-order valence-corrected chi connectivity index (χ2v) is 7.99. The van der Waals surface area contributed by atoms with Gasteiger partial charge in [0.05, 0.1) is 21.3 Å². The minimum Gasteiger partial charge on any atom is -0.493 e. The summed E-state index contributed by atoms with van der Waals surface area (Å²) in [5, 5.41) is 2.66. The number of ether oxygens (including phenoxy) is 3. The zero-order chi connectivity index (χ0) is 24.6. The molecule has 0 aliphatic rings. The SMILES string of the molecule is COc1cc(C(=O)NNC(=O)CC(C)(C)CC(=O)Nc2ccc(F)cc2)cc(OC)c1OC. The fraction of sp³-hybridized carbons (Fsp3) is 0.348. The maximum absolute atomic E-state index is 13.0. The van der Waals surface area contributed by atoms with Crippen molar-refractivity contribution in [1.82, 2.24) is 10.9 Å². The van der Waals surface area contributed by atoms with Crippen LogP contribution in [0, 0.1) is 11.2 Å². The molecule has 0 fully saturated rings. The van der Waals surface area contributed by atoms with E-state index in [0.29, 0.717) is 22.9 Å². The van der Waals surface area contributed by atoms with Crippen molar-refractivity contribution in [2.45, 2.75) is 26.7 Å². The van der Waals surface area contributed by atoms with Crippen LogP contribution in [0.2, 0.25) is 0 Å². The summed E-state index contributed by atoms with van der Waals surface area (Å²) in [6, 6.07) is 8.28. The van der Waals surface area contributed by atoms with Crippen molar-refractivity contribution in [3.05, 3.63) is 47.8 Å². The first-order valence-electron chi connectivity index (χ1n) is 10.0. The summed E-state index contributed by atoms with van der Waals surface area (Å²) in [4.78, 5) is 37.1. The average molecular weight is 461 g/mol. The molecule has 2 aromatic carbocycles. The van der Waals surface area contributed by atoms with E-state index in [1.807, 2.05) is 0 Å². The van der Waals surface area contributed by atoms with Gasteiger partial charge >= 0.3 is 0 Å². The van der Waals surface area contributed by atoms with Crippen LogP contribution in [-0.2, 0) is 9.59 Å². The summed E-state index contributed by atoms with van der Waals surface area (Å²) in [5.74, 6) is -0.867. The number of halogens is 1. The zero-order valence-electron chi connectivity index (χ0n) is 19.2. The molecule has 0 heterocycles. The highest BCUT2D eigenvalue weighted by atomic mass is 19.1. The number of carbonyl (C=O) groups is 3. The molecule has 0 spiro atoms. The molecule has 178 valence electrons. The van der Waals surface area contributed by atoms with Gasteiger partial charge in [-0.15, -0.1) is 0 Å². The fourth-order valence-electron chi connectivity index (χ4n) is 3.13. The molecule has 9 nitrogen and oxygen atoms in total. The van der Waals surface area contributed by atoms with Gasteiger partial charge in [-0.25, -0.2) is 4.39 Å². The smallest absolute Gasteiger partial charge is 0.269 e. The number of methoxy groups -OCH3 is 3. The molecule has 3 N–H and O–H groups in total. The van der Waals surface area contributed by atoms with E-state index in [1.165, 1.54) is 57.7 Å². The van der Waals surface area contributed by atoms with Crippen LogP contribution in [0.3, 0.4) is 0 Å². The van der Waals surface area contributed by atoms with E-state index in [9.17, 15) is 18.8 Å². The number of carbonyl (C=O) groups excluding carboxylic acids is 3. The van der Waals surface area contributed by atoms with Crippen molar-refractivity contribution in [1.29, 1.82) is 0 Å². The molecule has 0 bridgehead atoms. The monoisotopic (exact) mass is 461 g/mol. The number of hydrogen-bond donors (Lipinski definition) is 3. The normalized spacial score (nSPS) is 10.7. The molecule has 0 aliphatic heterocycles. The van der Waals surface area contributed by atoms with E-state index in [4.69, 9.17) is 14.2 Å². The summed E-state index contributed by atoms with van der Waals surface area (Å²) < 4.78 is 28.6. The average Bonchev–Trinajstić information content (AvgIpc) is 2.77. The van der Waals surface area contributed by atoms with Gasteiger partial charge < -0.3 is 19.5 Å². The lowest BCUT2D eigenvalue weighted by molar-refractivity contribution is -0.124.